The number of aryl methyl sites for hydroxylation is 1. The molecule has 13 heteroatoms. The number of nitrogens with one attached hydrogen (secondary N) is 2. The fraction of sp³-hybridized carbons (Fsp3) is 0.414. The van der Waals surface area contributed by atoms with Gasteiger partial charge >= 0.3 is 6.09 Å². The molecule has 2 N–H and O–H groups in total. The van der Waals surface area contributed by atoms with Gasteiger partial charge in [0.2, 0.25) is 5.91 Å². The number of carbonyl (C=O) groups is 2. The number of ether oxygens (including phenoxy) is 2. The molecule has 2 saturated carbocycles. The smallest absolute Gasteiger partial charge is 0.415 e. The average Bonchev–Trinajstić information content (AvgIpc) is 3.88. The van der Waals surface area contributed by atoms with E-state index in [1.807, 2.05) is 23.6 Å². The number of imidazole rings is 1. The van der Waals surface area contributed by atoms with Crippen molar-refractivity contribution in [3.05, 3.63) is 65.9 Å². The zero-order valence-corrected chi connectivity index (χ0v) is 23.0. The molecule has 6 heterocycles. The first kappa shape index (κ1) is 25.1. The molecule has 0 radical (unpaired) electrons. The summed E-state index contributed by atoms with van der Waals surface area (Å²) in [7, 11) is 0. The average molecular weight is 568 g/mol. The molecular formula is C29H29N9O4. The number of rotatable bonds is 8. The predicted molar refractivity (Wildman–Crippen MR) is 150 cm³/mol. The van der Waals surface area contributed by atoms with Gasteiger partial charge in [-0.05, 0) is 49.8 Å². The first-order chi connectivity index (χ1) is 20.4. The Morgan fingerprint density at radius 1 is 1.12 bits per heavy atom. The van der Waals surface area contributed by atoms with E-state index in [-0.39, 0.29) is 23.8 Å². The zero-order chi connectivity index (χ0) is 28.4. The van der Waals surface area contributed by atoms with Crippen LogP contribution >= 0.6 is 0 Å². The molecule has 13 nitrogen and oxygen atoms in total. The van der Waals surface area contributed by atoms with Crippen molar-refractivity contribution in [2.75, 3.05) is 35.3 Å². The van der Waals surface area contributed by atoms with Crippen LogP contribution in [-0.4, -0.2) is 66.7 Å². The lowest BCUT2D eigenvalue weighted by atomic mass is 10.0. The van der Waals surface area contributed by atoms with Crippen molar-refractivity contribution in [1.29, 1.82) is 0 Å². The quantitative estimate of drug-likeness (QED) is 0.325. The Balaban J connectivity index is 0.968. The van der Waals surface area contributed by atoms with Crippen molar-refractivity contribution in [2.24, 2.45) is 5.92 Å². The molecule has 0 bridgehead atoms. The Kier molecular flexibility index (Phi) is 5.64. The summed E-state index contributed by atoms with van der Waals surface area (Å²) in [4.78, 5) is 49.5. The van der Waals surface area contributed by atoms with Gasteiger partial charge in [-0.2, -0.15) is 0 Å². The molecular weight excluding hydrogens is 538 g/mol. The Labute approximate surface area is 240 Å². The highest BCUT2D eigenvalue weighted by atomic mass is 16.6. The van der Waals surface area contributed by atoms with Gasteiger partial charge in [0.05, 0.1) is 37.7 Å². The Morgan fingerprint density at radius 2 is 1.98 bits per heavy atom. The lowest BCUT2D eigenvalue weighted by Gasteiger charge is -2.34. The first-order valence-corrected chi connectivity index (χ1v) is 14.2. The number of pyridine rings is 1. The summed E-state index contributed by atoms with van der Waals surface area (Å²) < 4.78 is 13.0. The van der Waals surface area contributed by atoms with Gasteiger partial charge in [-0.1, -0.05) is 0 Å². The molecule has 4 aromatic heterocycles. The molecule has 1 spiro atoms. The van der Waals surface area contributed by atoms with Crippen LogP contribution in [0.2, 0.25) is 0 Å². The van der Waals surface area contributed by atoms with Gasteiger partial charge in [-0.3, -0.25) is 9.69 Å². The van der Waals surface area contributed by atoms with E-state index < -0.39 is 5.60 Å². The third-order valence-corrected chi connectivity index (χ3v) is 8.28. The van der Waals surface area contributed by atoms with Gasteiger partial charge in [-0.15, -0.1) is 0 Å². The van der Waals surface area contributed by atoms with Gasteiger partial charge in [0, 0.05) is 42.2 Å². The number of hydrogen-bond donors (Lipinski definition) is 2. The third-order valence-electron chi connectivity index (χ3n) is 8.28. The number of nitrogens with zero attached hydrogens (tertiary/aromatic N) is 7. The molecule has 2 atom stereocenters. The molecule has 4 aromatic rings. The Bertz CT molecular complexity index is 1730. The van der Waals surface area contributed by atoms with Crippen LogP contribution in [0.15, 0.2) is 43.1 Å². The largest absolute Gasteiger partial charge is 0.436 e. The van der Waals surface area contributed by atoms with Crippen LogP contribution in [0.4, 0.5) is 22.1 Å². The summed E-state index contributed by atoms with van der Waals surface area (Å²) >= 11 is 0. The number of carbonyl (C=O) groups excluding carboxylic acids is 2. The van der Waals surface area contributed by atoms with E-state index in [4.69, 9.17) is 14.5 Å². The second kappa shape index (κ2) is 9.44. The van der Waals surface area contributed by atoms with Crippen molar-refractivity contribution in [2.45, 2.75) is 50.2 Å². The van der Waals surface area contributed by atoms with Gasteiger partial charge in [0.25, 0.3) is 0 Å². The fourth-order valence-electron chi connectivity index (χ4n) is 5.70. The summed E-state index contributed by atoms with van der Waals surface area (Å²) in [6, 6.07) is 5.62. The Hall–Kier alpha value is -4.65. The standard InChI is InChI=1S/C29H29N9O4/c1-16-4-5-30-25(34-16)20-7-21(20)27(39)36-24-8-23(32-15-33-24)31-9-19-11-37-10-18(17-2-3-17)6-22(26(37)35-19)38-12-29(13-41-14-29)42-28(38)40/h4-6,8,10-11,15,17,20-21H,2-3,7,9,12-14H2,1H3,(H2,31,32,33,36,39). The SMILES string of the molecule is Cc1ccnc(C2CC2C(=O)Nc2cc(NCc3cn4cc(C5CC5)cc(N5CC6(COC6)OC5=O)c4n3)ncn2)n1. The summed E-state index contributed by atoms with van der Waals surface area (Å²) in [5, 5.41) is 6.18. The van der Waals surface area contributed by atoms with Crippen LogP contribution in [-0.2, 0) is 20.8 Å². The number of anilines is 3. The minimum atomic E-state index is -0.560. The van der Waals surface area contributed by atoms with Gasteiger partial charge in [0.1, 0.15) is 23.8 Å². The second-order valence-electron chi connectivity index (χ2n) is 11.7. The number of aromatic nitrogens is 6. The summed E-state index contributed by atoms with van der Waals surface area (Å²) in [6.07, 6.45) is 9.84. The van der Waals surface area contributed by atoms with Crippen molar-refractivity contribution in [1.82, 2.24) is 29.3 Å². The van der Waals surface area contributed by atoms with Gasteiger partial charge in [0.15, 0.2) is 11.2 Å². The molecule has 42 heavy (non-hydrogen) atoms. The van der Waals surface area contributed by atoms with E-state index in [1.54, 1.807) is 17.2 Å². The lowest BCUT2D eigenvalue weighted by Crippen LogP contribution is -2.52. The van der Waals surface area contributed by atoms with E-state index in [0.29, 0.717) is 61.7 Å². The lowest BCUT2D eigenvalue weighted by molar-refractivity contribution is -0.155. The maximum absolute atomic E-state index is 12.8. The normalized spacial score (nSPS) is 22.2. The topological polar surface area (TPSA) is 149 Å². The van der Waals surface area contributed by atoms with Crippen LogP contribution in [0, 0.1) is 12.8 Å². The summed E-state index contributed by atoms with van der Waals surface area (Å²) in [6.45, 7) is 3.59. The minimum Gasteiger partial charge on any atom is -0.436 e. The maximum Gasteiger partial charge on any atom is 0.415 e. The molecule has 2 saturated heterocycles. The maximum atomic E-state index is 12.8. The Morgan fingerprint density at radius 3 is 2.74 bits per heavy atom. The molecule has 2 amide bonds. The third kappa shape index (κ3) is 4.59. The van der Waals surface area contributed by atoms with Crippen LogP contribution in [0.25, 0.3) is 5.65 Å². The van der Waals surface area contributed by atoms with Gasteiger partial charge in [-0.25, -0.2) is 29.7 Å². The van der Waals surface area contributed by atoms with E-state index >= 15 is 0 Å². The number of fused-ring (bicyclic) bond motifs is 1. The van der Waals surface area contributed by atoms with Crippen LogP contribution in [0.5, 0.6) is 0 Å². The van der Waals surface area contributed by atoms with Crippen molar-refractivity contribution in [3.8, 4) is 0 Å². The van der Waals surface area contributed by atoms with E-state index in [2.05, 4.69) is 42.8 Å². The monoisotopic (exact) mass is 567 g/mol. The van der Waals surface area contributed by atoms with Crippen LogP contribution in [0.1, 0.15) is 53.9 Å². The van der Waals surface area contributed by atoms with Crippen molar-refractivity contribution >= 4 is 35.0 Å². The second-order valence-corrected chi connectivity index (χ2v) is 11.7. The molecule has 2 unspecified atom stereocenters. The molecule has 4 aliphatic rings. The highest BCUT2D eigenvalue weighted by Gasteiger charge is 2.52. The molecule has 4 fully saturated rings. The minimum absolute atomic E-state index is 0.0275. The fourth-order valence-corrected chi connectivity index (χ4v) is 5.70. The van der Waals surface area contributed by atoms with E-state index in [1.165, 1.54) is 11.9 Å². The molecule has 214 valence electrons. The van der Waals surface area contributed by atoms with Crippen LogP contribution in [0.3, 0.4) is 0 Å². The highest BCUT2D eigenvalue weighted by Crippen LogP contribution is 2.46. The van der Waals surface area contributed by atoms with Crippen molar-refractivity contribution in [3.63, 3.8) is 0 Å². The van der Waals surface area contributed by atoms with E-state index in [9.17, 15) is 9.59 Å². The van der Waals surface area contributed by atoms with Gasteiger partial charge < -0.3 is 24.5 Å². The highest BCUT2D eigenvalue weighted by molar-refractivity contribution is 5.95. The molecule has 0 aromatic carbocycles. The number of hydrogen-bond acceptors (Lipinski definition) is 10. The van der Waals surface area contributed by atoms with Crippen LogP contribution < -0.4 is 15.5 Å². The molecule has 2 aliphatic carbocycles. The zero-order valence-electron chi connectivity index (χ0n) is 23.0. The van der Waals surface area contributed by atoms with Crippen molar-refractivity contribution < 1.29 is 19.1 Å². The number of amides is 2. The summed E-state index contributed by atoms with van der Waals surface area (Å²) in [5.41, 5.74) is 3.74. The van der Waals surface area contributed by atoms with E-state index in [0.717, 1.165) is 29.9 Å². The molecule has 2 aliphatic heterocycles. The first-order valence-electron chi connectivity index (χ1n) is 14.2. The molecule has 8 rings (SSSR count). The predicted octanol–water partition coefficient (Wildman–Crippen LogP) is 3.18. The summed E-state index contributed by atoms with van der Waals surface area (Å²) in [5.74, 6) is 1.93.